The fraction of sp³-hybridized carbons (Fsp3) is 0.235. The van der Waals surface area contributed by atoms with Crippen LogP contribution < -0.4 is 5.32 Å². The molecule has 1 aliphatic rings. The van der Waals surface area contributed by atoms with Crippen LogP contribution in [0.15, 0.2) is 45.4 Å². The van der Waals surface area contributed by atoms with Gasteiger partial charge < -0.3 is 10.1 Å². The summed E-state index contributed by atoms with van der Waals surface area (Å²) in [5, 5.41) is 5.14. The molecule has 25 heavy (non-hydrogen) atoms. The molecular formula is C17H15ClFN3O2S. The second-order valence-corrected chi connectivity index (χ2v) is 6.43. The minimum atomic E-state index is -0.704. The number of aliphatic imine (C=N–C) groups is 1. The van der Waals surface area contributed by atoms with Crippen molar-refractivity contribution in [3.05, 3.63) is 62.5 Å². The Labute approximate surface area is 153 Å². The van der Waals surface area contributed by atoms with Crippen molar-refractivity contribution in [3.8, 4) is 0 Å². The molecule has 1 aromatic carbocycles. The highest BCUT2D eigenvalue weighted by Crippen LogP contribution is 2.36. The number of hydrogen-bond acceptors (Lipinski definition) is 6. The van der Waals surface area contributed by atoms with Gasteiger partial charge in [-0.1, -0.05) is 17.7 Å². The molecule has 0 radical (unpaired) electrons. The second kappa shape index (κ2) is 7.33. The van der Waals surface area contributed by atoms with Crippen LogP contribution in [-0.4, -0.2) is 23.4 Å². The predicted molar refractivity (Wildman–Crippen MR) is 95.3 cm³/mol. The first-order valence-corrected chi connectivity index (χ1v) is 8.89. The number of halogens is 2. The molecule has 5 nitrogen and oxygen atoms in total. The zero-order valence-electron chi connectivity index (χ0n) is 13.5. The molecule has 0 fully saturated rings. The normalized spacial score (nSPS) is 17.1. The molecule has 130 valence electrons. The number of thiazole rings is 1. The van der Waals surface area contributed by atoms with Gasteiger partial charge in [0.25, 0.3) is 0 Å². The molecule has 1 aliphatic heterocycles. The molecular weight excluding hydrogens is 365 g/mol. The third-order valence-corrected chi connectivity index (χ3v) is 4.58. The lowest BCUT2D eigenvalue weighted by molar-refractivity contribution is -0.138. The van der Waals surface area contributed by atoms with E-state index in [2.05, 4.69) is 15.3 Å². The standard InChI is InChI=1S/C17H15ClFN3O2S/c1-3-24-17(23)14-9(2)21-16(13-7-25-8-20-13)22-15(14)11-5-4-10(19)6-12(11)18/h4-8,15H,3H2,1-2H3,(H,21,22). The number of rotatable bonds is 4. The Morgan fingerprint density at radius 1 is 1.48 bits per heavy atom. The van der Waals surface area contributed by atoms with Gasteiger partial charge in [-0.2, -0.15) is 0 Å². The lowest BCUT2D eigenvalue weighted by atomic mass is 9.95. The Hall–Kier alpha value is -2.25. The van der Waals surface area contributed by atoms with E-state index in [1.807, 2.05) is 5.38 Å². The van der Waals surface area contributed by atoms with E-state index < -0.39 is 17.8 Å². The number of ether oxygens (including phenoxy) is 1. The molecule has 1 unspecified atom stereocenters. The molecule has 3 rings (SSSR count). The summed E-state index contributed by atoms with van der Waals surface area (Å²) in [4.78, 5) is 21.3. The van der Waals surface area contributed by atoms with E-state index in [0.29, 0.717) is 28.4 Å². The topological polar surface area (TPSA) is 63.6 Å². The van der Waals surface area contributed by atoms with E-state index >= 15 is 0 Å². The number of aromatic nitrogens is 1. The van der Waals surface area contributed by atoms with Crippen molar-refractivity contribution in [1.29, 1.82) is 0 Å². The molecule has 2 aromatic rings. The molecule has 0 aliphatic carbocycles. The third-order valence-electron chi connectivity index (χ3n) is 3.67. The van der Waals surface area contributed by atoms with Gasteiger partial charge >= 0.3 is 5.97 Å². The van der Waals surface area contributed by atoms with E-state index in [1.165, 1.54) is 29.5 Å². The van der Waals surface area contributed by atoms with Gasteiger partial charge in [-0.25, -0.2) is 14.2 Å². The summed E-state index contributed by atoms with van der Waals surface area (Å²) in [7, 11) is 0. The summed E-state index contributed by atoms with van der Waals surface area (Å²) in [5.41, 5.74) is 3.82. The number of allylic oxidation sites excluding steroid dienone is 1. The van der Waals surface area contributed by atoms with E-state index in [0.717, 1.165) is 0 Å². The quantitative estimate of drug-likeness (QED) is 0.819. The zero-order chi connectivity index (χ0) is 18.0. The Bertz CT molecular complexity index is 865. The third kappa shape index (κ3) is 3.57. The number of benzene rings is 1. The highest BCUT2D eigenvalue weighted by molar-refractivity contribution is 7.07. The predicted octanol–water partition coefficient (Wildman–Crippen LogP) is 3.86. The SMILES string of the molecule is CCOC(=O)C1=C(C)NC(c2cscn2)=NC1c1ccc(F)cc1Cl. The van der Waals surface area contributed by atoms with Crippen LogP contribution in [-0.2, 0) is 9.53 Å². The molecule has 0 saturated carbocycles. The minimum Gasteiger partial charge on any atom is -0.463 e. The van der Waals surface area contributed by atoms with Crippen molar-refractivity contribution >= 4 is 34.7 Å². The van der Waals surface area contributed by atoms with Gasteiger partial charge in [-0.15, -0.1) is 11.3 Å². The maximum absolute atomic E-state index is 13.4. The van der Waals surface area contributed by atoms with Crippen molar-refractivity contribution < 1.29 is 13.9 Å². The molecule has 1 aromatic heterocycles. The van der Waals surface area contributed by atoms with Gasteiger partial charge in [-0.05, 0) is 26.0 Å². The largest absolute Gasteiger partial charge is 0.463 e. The van der Waals surface area contributed by atoms with Gasteiger partial charge in [0, 0.05) is 21.7 Å². The first-order valence-electron chi connectivity index (χ1n) is 7.57. The molecule has 1 atom stereocenters. The van der Waals surface area contributed by atoms with Crippen LogP contribution in [0.4, 0.5) is 4.39 Å². The average molecular weight is 380 g/mol. The highest BCUT2D eigenvalue weighted by atomic mass is 35.5. The fourth-order valence-electron chi connectivity index (χ4n) is 2.56. The summed E-state index contributed by atoms with van der Waals surface area (Å²) in [6.07, 6.45) is 0. The molecule has 2 heterocycles. The van der Waals surface area contributed by atoms with Crippen LogP contribution in [0.5, 0.6) is 0 Å². The maximum Gasteiger partial charge on any atom is 0.338 e. The Morgan fingerprint density at radius 2 is 2.28 bits per heavy atom. The van der Waals surface area contributed by atoms with Gasteiger partial charge in [0.15, 0.2) is 5.84 Å². The molecule has 1 N–H and O–H groups in total. The summed E-state index contributed by atoms with van der Waals surface area (Å²) in [6.45, 7) is 3.73. The maximum atomic E-state index is 13.4. The van der Waals surface area contributed by atoms with Crippen LogP contribution in [0.25, 0.3) is 0 Å². The van der Waals surface area contributed by atoms with Gasteiger partial charge in [0.2, 0.25) is 0 Å². The van der Waals surface area contributed by atoms with Crippen molar-refractivity contribution in [2.75, 3.05) is 6.61 Å². The molecule has 0 saturated heterocycles. The number of carbonyl (C=O) groups excluding carboxylic acids is 1. The number of nitrogens with one attached hydrogen (secondary N) is 1. The summed E-state index contributed by atoms with van der Waals surface area (Å²) < 4.78 is 18.6. The van der Waals surface area contributed by atoms with E-state index in [9.17, 15) is 9.18 Å². The Kier molecular flexibility index (Phi) is 5.15. The summed E-state index contributed by atoms with van der Waals surface area (Å²) in [6, 6.07) is 3.32. The van der Waals surface area contributed by atoms with Crippen molar-refractivity contribution in [3.63, 3.8) is 0 Å². The van der Waals surface area contributed by atoms with E-state index in [4.69, 9.17) is 16.3 Å². The number of nitrogens with zero attached hydrogens (tertiary/aromatic N) is 2. The van der Waals surface area contributed by atoms with Crippen LogP contribution in [0, 0.1) is 5.82 Å². The van der Waals surface area contributed by atoms with Crippen LogP contribution in [0.2, 0.25) is 5.02 Å². The van der Waals surface area contributed by atoms with Gasteiger partial charge in [0.05, 0.1) is 17.7 Å². The molecule has 0 spiro atoms. The zero-order valence-corrected chi connectivity index (χ0v) is 15.1. The molecule has 0 amide bonds. The number of esters is 1. The first-order chi connectivity index (χ1) is 12.0. The number of carbonyl (C=O) groups is 1. The Balaban J connectivity index is 2.11. The van der Waals surface area contributed by atoms with Crippen molar-refractivity contribution in [2.45, 2.75) is 19.9 Å². The highest BCUT2D eigenvalue weighted by Gasteiger charge is 2.32. The van der Waals surface area contributed by atoms with Crippen molar-refractivity contribution in [2.24, 2.45) is 4.99 Å². The number of hydrogen-bond donors (Lipinski definition) is 1. The van der Waals surface area contributed by atoms with Crippen LogP contribution in [0.3, 0.4) is 0 Å². The fourth-order valence-corrected chi connectivity index (χ4v) is 3.36. The monoisotopic (exact) mass is 379 g/mol. The number of amidine groups is 1. The van der Waals surface area contributed by atoms with Gasteiger partial charge in [0.1, 0.15) is 17.6 Å². The van der Waals surface area contributed by atoms with Crippen LogP contribution >= 0.6 is 22.9 Å². The van der Waals surface area contributed by atoms with Gasteiger partial charge in [-0.3, -0.25) is 4.99 Å². The van der Waals surface area contributed by atoms with E-state index in [-0.39, 0.29) is 11.6 Å². The second-order valence-electron chi connectivity index (χ2n) is 5.30. The minimum absolute atomic E-state index is 0.197. The average Bonchev–Trinajstić information content (AvgIpc) is 3.08. The van der Waals surface area contributed by atoms with E-state index in [1.54, 1.807) is 19.4 Å². The molecule has 0 bridgehead atoms. The Morgan fingerprint density at radius 3 is 2.92 bits per heavy atom. The summed E-state index contributed by atoms with van der Waals surface area (Å²) in [5.74, 6) is -0.416. The lowest BCUT2D eigenvalue weighted by Gasteiger charge is -2.26. The molecule has 8 heteroatoms. The lowest BCUT2D eigenvalue weighted by Crippen LogP contribution is -2.33. The summed E-state index contributed by atoms with van der Waals surface area (Å²) >= 11 is 7.65. The van der Waals surface area contributed by atoms with Crippen molar-refractivity contribution in [1.82, 2.24) is 10.3 Å². The first kappa shape index (κ1) is 17.6. The van der Waals surface area contributed by atoms with Crippen LogP contribution in [0.1, 0.15) is 31.1 Å². The smallest absolute Gasteiger partial charge is 0.338 e.